The molecule has 4 heteroatoms. The van der Waals surface area contributed by atoms with Crippen molar-refractivity contribution in [3.63, 3.8) is 0 Å². The highest BCUT2D eigenvalue weighted by atomic mass is 32.1. The molecule has 0 bridgehead atoms. The zero-order chi connectivity index (χ0) is 9.80. The van der Waals surface area contributed by atoms with Crippen LogP contribution in [0, 0.1) is 0 Å². The Hall–Kier alpha value is -1.68. The maximum Gasteiger partial charge on any atom is 0.138 e. The van der Waals surface area contributed by atoms with E-state index in [9.17, 15) is 0 Å². The zero-order valence-corrected chi connectivity index (χ0v) is 8.24. The van der Waals surface area contributed by atoms with Crippen molar-refractivity contribution >= 4 is 27.7 Å². The molecule has 0 aliphatic carbocycles. The highest BCUT2D eigenvalue weighted by Crippen LogP contribution is 2.22. The summed E-state index contributed by atoms with van der Waals surface area (Å²) in [5.41, 5.74) is 7.10. The number of azo groups is 1. The second-order valence-corrected chi connectivity index (χ2v) is 3.67. The molecule has 1 heterocycles. The molecular formula is C10H9N3S. The van der Waals surface area contributed by atoms with Gasteiger partial charge in [-0.3, -0.25) is 0 Å². The van der Waals surface area contributed by atoms with Gasteiger partial charge in [0.1, 0.15) is 5.00 Å². The van der Waals surface area contributed by atoms with Gasteiger partial charge in [-0.15, -0.1) is 21.6 Å². The third-order valence-corrected chi connectivity index (χ3v) is 2.42. The average molecular weight is 203 g/mol. The van der Waals surface area contributed by atoms with Crippen LogP contribution >= 0.6 is 11.3 Å². The second-order valence-electron chi connectivity index (χ2n) is 2.74. The van der Waals surface area contributed by atoms with Gasteiger partial charge in [-0.05, 0) is 41.8 Å². The van der Waals surface area contributed by atoms with Gasteiger partial charge in [0.25, 0.3) is 0 Å². The average Bonchev–Trinajstić information content (AvgIpc) is 2.70. The number of rotatable bonds is 2. The summed E-state index contributed by atoms with van der Waals surface area (Å²) in [5, 5.41) is 11.0. The Balaban J connectivity index is 2.15. The molecule has 0 fully saturated rings. The van der Waals surface area contributed by atoms with E-state index in [1.165, 1.54) is 0 Å². The van der Waals surface area contributed by atoms with Crippen molar-refractivity contribution in [1.29, 1.82) is 0 Å². The first-order valence-electron chi connectivity index (χ1n) is 4.15. The summed E-state index contributed by atoms with van der Waals surface area (Å²) in [6, 6.07) is 11.2. The van der Waals surface area contributed by atoms with E-state index < -0.39 is 0 Å². The lowest BCUT2D eigenvalue weighted by molar-refractivity contribution is 1.26. The van der Waals surface area contributed by atoms with Gasteiger partial charge in [-0.1, -0.05) is 0 Å². The van der Waals surface area contributed by atoms with Gasteiger partial charge >= 0.3 is 0 Å². The van der Waals surface area contributed by atoms with Crippen molar-refractivity contribution in [3.05, 3.63) is 41.8 Å². The lowest BCUT2D eigenvalue weighted by Crippen LogP contribution is -1.80. The molecule has 0 saturated carbocycles. The number of hydrogen-bond donors (Lipinski definition) is 1. The molecule has 2 rings (SSSR count). The first-order chi connectivity index (χ1) is 6.84. The van der Waals surface area contributed by atoms with Gasteiger partial charge in [-0.2, -0.15) is 0 Å². The van der Waals surface area contributed by atoms with Crippen molar-refractivity contribution in [2.45, 2.75) is 0 Å². The first kappa shape index (κ1) is 8.90. The second kappa shape index (κ2) is 4.02. The van der Waals surface area contributed by atoms with E-state index >= 15 is 0 Å². The number of hydrogen-bond acceptors (Lipinski definition) is 4. The minimum Gasteiger partial charge on any atom is -0.399 e. The van der Waals surface area contributed by atoms with Crippen LogP contribution in [0.3, 0.4) is 0 Å². The molecule has 0 saturated heterocycles. The predicted octanol–water partition coefficient (Wildman–Crippen LogP) is 3.75. The number of benzene rings is 1. The summed E-state index contributed by atoms with van der Waals surface area (Å²) in [7, 11) is 0. The van der Waals surface area contributed by atoms with Crippen LogP contribution in [0.25, 0.3) is 0 Å². The van der Waals surface area contributed by atoms with Crippen molar-refractivity contribution in [2.24, 2.45) is 10.2 Å². The van der Waals surface area contributed by atoms with Crippen molar-refractivity contribution < 1.29 is 0 Å². The van der Waals surface area contributed by atoms with Crippen molar-refractivity contribution in [1.82, 2.24) is 0 Å². The lowest BCUT2D eigenvalue weighted by Gasteiger charge is -1.92. The Morgan fingerprint density at radius 1 is 1.00 bits per heavy atom. The minimum atomic E-state index is 0.736. The van der Waals surface area contributed by atoms with Gasteiger partial charge in [0.15, 0.2) is 0 Å². The molecule has 0 atom stereocenters. The first-order valence-corrected chi connectivity index (χ1v) is 5.03. The normalized spacial score (nSPS) is 10.9. The number of anilines is 1. The minimum absolute atomic E-state index is 0.736. The molecule has 14 heavy (non-hydrogen) atoms. The van der Waals surface area contributed by atoms with Gasteiger partial charge < -0.3 is 5.73 Å². The molecule has 70 valence electrons. The van der Waals surface area contributed by atoms with Gasteiger partial charge in [0, 0.05) is 5.69 Å². The SMILES string of the molecule is Nc1ccc(N=Nc2cccs2)cc1. The van der Waals surface area contributed by atoms with Crippen LogP contribution in [-0.4, -0.2) is 0 Å². The van der Waals surface area contributed by atoms with Crippen LogP contribution in [0.4, 0.5) is 16.4 Å². The molecule has 1 aromatic carbocycles. The summed E-state index contributed by atoms with van der Waals surface area (Å²) >= 11 is 1.56. The molecule has 0 spiro atoms. The van der Waals surface area contributed by atoms with Crippen LogP contribution in [0.2, 0.25) is 0 Å². The highest BCUT2D eigenvalue weighted by molar-refractivity contribution is 7.13. The summed E-state index contributed by atoms with van der Waals surface area (Å²) in [6.45, 7) is 0. The highest BCUT2D eigenvalue weighted by Gasteiger charge is 1.90. The van der Waals surface area contributed by atoms with E-state index in [4.69, 9.17) is 5.73 Å². The maximum atomic E-state index is 5.55. The fourth-order valence-electron chi connectivity index (χ4n) is 0.975. The summed E-state index contributed by atoms with van der Waals surface area (Å²) in [5.74, 6) is 0. The molecule has 3 nitrogen and oxygen atoms in total. The summed E-state index contributed by atoms with van der Waals surface area (Å²) in [4.78, 5) is 0. The van der Waals surface area contributed by atoms with E-state index in [-0.39, 0.29) is 0 Å². The third-order valence-electron chi connectivity index (χ3n) is 1.66. The summed E-state index contributed by atoms with van der Waals surface area (Å²) in [6.07, 6.45) is 0. The Labute approximate surface area is 85.9 Å². The van der Waals surface area contributed by atoms with Gasteiger partial charge in [-0.25, -0.2) is 0 Å². The molecule has 2 aromatic rings. The molecule has 0 radical (unpaired) electrons. The van der Waals surface area contributed by atoms with Crippen LogP contribution in [0.15, 0.2) is 52.0 Å². The van der Waals surface area contributed by atoms with Crippen LogP contribution in [0.5, 0.6) is 0 Å². The quantitative estimate of drug-likeness (QED) is 0.586. The fraction of sp³-hybridized carbons (Fsp3) is 0. The van der Waals surface area contributed by atoms with E-state index in [1.54, 1.807) is 11.3 Å². The summed E-state index contributed by atoms with van der Waals surface area (Å²) < 4.78 is 0. The van der Waals surface area contributed by atoms with E-state index in [0.29, 0.717) is 0 Å². The molecule has 0 aliphatic heterocycles. The molecule has 1 aromatic heterocycles. The van der Waals surface area contributed by atoms with Crippen molar-refractivity contribution in [2.75, 3.05) is 5.73 Å². The molecule has 0 aliphatic rings. The Bertz CT molecular complexity index is 417. The predicted molar refractivity (Wildman–Crippen MR) is 59.3 cm³/mol. The number of nitrogen functional groups attached to an aromatic ring is 1. The molecular weight excluding hydrogens is 194 g/mol. The lowest BCUT2D eigenvalue weighted by atomic mass is 10.3. The number of nitrogens with two attached hydrogens (primary N) is 1. The van der Waals surface area contributed by atoms with E-state index in [2.05, 4.69) is 10.2 Å². The van der Waals surface area contributed by atoms with Crippen molar-refractivity contribution in [3.8, 4) is 0 Å². The number of thiophene rings is 1. The van der Waals surface area contributed by atoms with Gasteiger partial charge in [0.05, 0.1) is 5.69 Å². The van der Waals surface area contributed by atoms with Crippen LogP contribution in [0.1, 0.15) is 0 Å². The maximum absolute atomic E-state index is 5.55. The zero-order valence-electron chi connectivity index (χ0n) is 7.42. The smallest absolute Gasteiger partial charge is 0.138 e. The standard InChI is InChI=1S/C10H9N3S/c11-8-3-5-9(6-4-8)12-13-10-2-1-7-14-10/h1-7H,11H2. The van der Waals surface area contributed by atoms with Gasteiger partial charge in [0.2, 0.25) is 0 Å². The topological polar surface area (TPSA) is 50.7 Å². The van der Waals surface area contributed by atoms with E-state index in [1.807, 2.05) is 41.8 Å². The monoisotopic (exact) mass is 203 g/mol. The molecule has 2 N–H and O–H groups in total. The third kappa shape index (κ3) is 2.17. The fourth-order valence-corrected chi connectivity index (χ4v) is 1.52. The van der Waals surface area contributed by atoms with E-state index in [0.717, 1.165) is 16.4 Å². The molecule has 0 unspecified atom stereocenters. The van der Waals surface area contributed by atoms with Crippen LogP contribution < -0.4 is 5.73 Å². The Morgan fingerprint density at radius 2 is 1.79 bits per heavy atom. The number of nitrogens with zero attached hydrogens (tertiary/aromatic N) is 2. The Morgan fingerprint density at radius 3 is 2.43 bits per heavy atom. The molecule has 0 amide bonds. The largest absolute Gasteiger partial charge is 0.399 e. The Kier molecular flexibility index (Phi) is 2.55. The van der Waals surface area contributed by atoms with Crippen LogP contribution in [-0.2, 0) is 0 Å².